The Bertz CT molecular complexity index is 1120. The average molecular weight is 494 g/mol. The van der Waals surface area contributed by atoms with Crippen LogP contribution < -0.4 is 15.4 Å². The topological polar surface area (TPSA) is 98.1 Å². The normalized spacial score (nSPS) is 10.6. The lowest BCUT2D eigenvalue weighted by atomic mass is 10.3. The lowest BCUT2D eigenvalue weighted by molar-refractivity contribution is -0.116. The van der Waals surface area contributed by atoms with Crippen molar-refractivity contribution in [2.45, 2.75) is 25.0 Å². The molecule has 0 saturated heterocycles. The van der Waals surface area contributed by atoms with E-state index in [1.54, 1.807) is 47.0 Å². The SMILES string of the molecule is CCn1c(CC(=O)Nc2ccccc2Cl)nnc1SCC(=O)Nc1cc(Cl)ccc1OC. The number of methoxy groups -OCH3 is 1. The zero-order valence-corrected chi connectivity index (χ0v) is 19.7. The van der Waals surface area contributed by atoms with Crippen molar-refractivity contribution in [1.29, 1.82) is 0 Å². The van der Waals surface area contributed by atoms with Crippen LogP contribution in [0.5, 0.6) is 5.75 Å². The van der Waals surface area contributed by atoms with Gasteiger partial charge in [0.2, 0.25) is 11.8 Å². The highest BCUT2D eigenvalue weighted by Crippen LogP contribution is 2.28. The molecule has 0 fully saturated rings. The summed E-state index contributed by atoms with van der Waals surface area (Å²) >= 11 is 13.3. The molecule has 0 saturated carbocycles. The molecule has 0 bridgehead atoms. The Morgan fingerprint density at radius 1 is 1.06 bits per heavy atom. The lowest BCUT2D eigenvalue weighted by Gasteiger charge is -2.11. The first-order chi connectivity index (χ1) is 15.4. The van der Waals surface area contributed by atoms with E-state index in [0.717, 1.165) is 0 Å². The van der Waals surface area contributed by atoms with Crippen LogP contribution in [0.2, 0.25) is 10.0 Å². The fraction of sp³-hybridized carbons (Fsp3) is 0.238. The second-order valence-corrected chi connectivity index (χ2v) is 8.32. The molecule has 3 aromatic rings. The molecule has 3 rings (SSSR count). The third-order valence-corrected chi connectivity index (χ3v) is 5.88. The number of carbonyl (C=O) groups is 2. The number of nitrogens with zero attached hydrogens (tertiary/aromatic N) is 3. The monoisotopic (exact) mass is 493 g/mol. The van der Waals surface area contributed by atoms with E-state index in [1.165, 1.54) is 18.9 Å². The Morgan fingerprint density at radius 2 is 1.81 bits per heavy atom. The molecule has 0 aliphatic rings. The van der Waals surface area contributed by atoms with Gasteiger partial charge in [-0.2, -0.15) is 0 Å². The van der Waals surface area contributed by atoms with Crippen molar-refractivity contribution in [3.63, 3.8) is 0 Å². The van der Waals surface area contributed by atoms with Gasteiger partial charge >= 0.3 is 0 Å². The third-order valence-electron chi connectivity index (χ3n) is 4.34. The van der Waals surface area contributed by atoms with Crippen LogP contribution in [-0.4, -0.2) is 39.4 Å². The summed E-state index contributed by atoms with van der Waals surface area (Å²) in [6.45, 7) is 2.47. The van der Waals surface area contributed by atoms with Crippen molar-refractivity contribution in [3.8, 4) is 5.75 Å². The van der Waals surface area contributed by atoms with Gasteiger partial charge in [-0.1, -0.05) is 47.1 Å². The number of aromatic nitrogens is 3. The van der Waals surface area contributed by atoms with Gasteiger partial charge in [0.05, 0.1) is 35.7 Å². The van der Waals surface area contributed by atoms with E-state index < -0.39 is 0 Å². The first kappa shape index (κ1) is 23.9. The first-order valence-electron chi connectivity index (χ1n) is 9.64. The summed E-state index contributed by atoms with van der Waals surface area (Å²) in [4.78, 5) is 24.8. The maximum Gasteiger partial charge on any atom is 0.234 e. The number of ether oxygens (including phenoxy) is 1. The van der Waals surface area contributed by atoms with Crippen LogP contribution in [0.1, 0.15) is 12.7 Å². The highest BCUT2D eigenvalue weighted by Gasteiger charge is 2.17. The van der Waals surface area contributed by atoms with Crippen LogP contribution in [0, 0.1) is 0 Å². The van der Waals surface area contributed by atoms with Crippen molar-refractivity contribution in [3.05, 3.63) is 58.3 Å². The fourth-order valence-electron chi connectivity index (χ4n) is 2.87. The van der Waals surface area contributed by atoms with E-state index >= 15 is 0 Å². The van der Waals surface area contributed by atoms with Crippen LogP contribution in [0.4, 0.5) is 11.4 Å². The summed E-state index contributed by atoms with van der Waals surface area (Å²) in [6.07, 6.45) is 0.0263. The van der Waals surface area contributed by atoms with Gasteiger partial charge in [-0.3, -0.25) is 9.59 Å². The van der Waals surface area contributed by atoms with Crippen LogP contribution in [0.15, 0.2) is 47.6 Å². The number of hydrogen-bond donors (Lipinski definition) is 2. The molecule has 0 aliphatic heterocycles. The Hall–Kier alpha value is -2.75. The summed E-state index contributed by atoms with van der Waals surface area (Å²) < 4.78 is 7.03. The highest BCUT2D eigenvalue weighted by molar-refractivity contribution is 7.99. The minimum atomic E-state index is -0.262. The fourth-order valence-corrected chi connectivity index (χ4v) is 4.05. The summed E-state index contributed by atoms with van der Waals surface area (Å²) in [5.41, 5.74) is 1.02. The molecule has 32 heavy (non-hydrogen) atoms. The number of hydrogen-bond acceptors (Lipinski definition) is 6. The second kappa shape index (κ2) is 11.2. The van der Waals surface area contributed by atoms with E-state index in [-0.39, 0.29) is 24.0 Å². The van der Waals surface area contributed by atoms with Gasteiger partial charge in [0, 0.05) is 11.6 Å². The van der Waals surface area contributed by atoms with Crippen molar-refractivity contribution in [2.24, 2.45) is 0 Å². The predicted molar refractivity (Wildman–Crippen MR) is 127 cm³/mol. The molecule has 8 nitrogen and oxygen atoms in total. The molecular formula is C21H21Cl2N5O3S. The number of carbonyl (C=O) groups excluding carboxylic acids is 2. The number of thioether (sulfide) groups is 1. The average Bonchev–Trinajstić information content (AvgIpc) is 3.15. The standard InChI is InChI=1S/C21H21Cl2N5O3S/c1-3-28-18(11-19(29)24-15-7-5-4-6-14(15)23)26-27-21(28)32-12-20(30)25-16-10-13(22)8-9-17(16)31-2/h4-10H,3,11-12H2,1-2H3,(H,24,29)(H,25,30). The molecule has 0 spiro atoms. The molecule has 1 heterocycles. The Kier molecular flexibility index (Phi) is 8.38. The van der Waals surface area contributed by atoms with Crippen LogP contribution in [-0.2, 0) is 22.6 Å². The molecule has 168 valence electrons. The number of rotatable bonds is 9. The summed E-state index contributed by atoms with van der Waals surface area (Å²) in [5.74, 6) is 0.592. The van der Waals surface area contributed by atoms with Crippen LogP contribution in [0.3, 0.4) is 0 Å². The van der Waals surface area contributed by atoms with Gasteiger partial charge < -0.3 is 19.9 Å². The van der Waals surface area contributed by atoms with Gasteiger partial charge in [0.25, 0.3) is 0 Å². The van der Waals surface area contributed by atoms with E-state index in [9.17, 15) is 9.59 Å². The van der Waals surface area contributed by atoms with Gasteiger partial charge in [0.15, 0.2) is 5.16 Å². The molecule has 0 aliphatic carbocycles. The molecule has 1 aromatic heterocycles. The van der Waals surface area contributed by atoms with E-state index in [0.29, 0.717) is 44.7 Å². The number of halogens is 2. The maximum absolute atomic E-state index is 12.4. The number of anilines is 2. The van der Waals surface area contributed by atoms with Gasteiger partial charge in [-0.25, -0.2) is 0 Å². The largest absolute Gasteiger partial charge is 0.495 e. The summed E-state index contributed by atoms with van der Waals surface area (Å²) in [6, 6.07) is 12.0. The zero-order chi connectivity index (χ0) is 23.1. The Labute approximate surface area is 199 Å². The smallest absolute Gasteiger partial charge is 0.234 e. The molecule has 2 aromatic carbocycles. The third kappa shape index (κ3) is 6.15. The van der Waals surface area contributed by atoms with Crippen molar-refractivity contribution >= 4 is 58.2 Å². The minimum absolute atomic E-state index is 0.0263. The molecule has 0 unspecified atom stereocenters. The molecular weight excluding hydrogens is 473 g/mol. The van der Waals surface area contributed by atoms with E-state index in [1.807, 2.05) is 6.92 Å². The maximum atomic E-state index is 12.4. The Balaban J connectivity index is 1.61. The second-order valence-electron chi connectivity index (χ2n) is 6.53. The summed E-state index contributed by atoms with van der Waals surface area (Å²) in [7, 11) is 1.51. The zero-order valence-electron chi connectivity index (χ0n) is 17.4. The van der Waals surface area contributed by atoms with Crippen molar-refractivity contribution < 1.29 is 14.3 Å². The molecule has 11 heteroatoms. The van der Waals surface area contributed by atoms with Crippen LogP contribution in [0.25, 0.3) is 0 Å². The molecule has 0 atom stereocenters. The van der Waals surface area contributed by atoms with Crippen molar-refractivity contribution in [1.82, 2.24) is 14.8 Å². The van der Waals surface area contributed by atoms with Gasteiger partial charge in [-0.05, 0) is 37.3 Å². The number of amides is 2. The molecule has 2 amide bonds. The number of benzene rings is 2. The predicted octanol–water partition coefficient (Wildman–Crippen LogP) is 4.53. The Morgan fingerprint density at radius 3 is 2.53 bits per heavy atom. The van der Waals surface area contributed by atoms with Crippen molar-refractivity contribution in [2.75, 3.05) is 23.5 Å². The van der Waals surface area contributed by atoms with Crippen LogP contribution >= 0.6 is 35.0 Å². The lowest BCUT2D eigenvalue weighted by Crippen LogP contribution is -2.18. The quantitative estimate of drug-likeness (QED) is 0.425. The molecule has 0 radical (unpaired) electrons. The molecule has 2 N–H and O–H groups in total. The number of nitrogens with one attached hydrogen (secondary N) is 2. The minimum Gasteiger partial charge on any atom is -0.495 e. The van der Waals surface area contributed by atoms with Gasteiger partial charge in [-0.15, -0.1) is 10.2 Å². The van der Waals surface area contributed by atoms with E-state index in [4.69, 9.17) is 27.9 Å². The number of para-hydroxylation sites is 1. The summed E-state index contributed by atoms with van der Waals surface area (Å²) in [5, 5.41) is 15.3. The van der Waals surface area contributed by atoms with Gasteiger partial charge in [0.1, 0.15) is 11.6 Å². The first-order valence-corrected chi connectivity index (χ1v) is 11.4. The van der Waals surface area contributed by atoms with E-state index in [2.05, 4.69) is 20.8 Å². The highest BCUT2D eigenvalue weighted by atomic mass is 35.5.